The number of hydrogen-bond donors (Lipinski definition) is 2. The van der Waals surface area contributed by atoms with Gasteiger partial charge in [0.15, 0.2) is 6.20 Å². The molecule has 1 heterocycles. The zero-order valence-corrected chi connectivity index (χ0v) is 11.6. The van der Waals surface area contributed by atoms with Crippen molar-refractivity contribution in [3.8, 4) is 0 Å². The van der Waals surface area contributed by atoms with Gasteiger partial charge in [0.1, 0.15) is 0 Å². The molecule has 0 radical (unpaired) electrons. The number of pyridine rings is 1. The summed E-state index contributed by atoms with van der Waals surface area (Å²) >= 11 is 0. The Bertz CT molecular complexity index is 415. The maximum absolute atomic E-state index is 11.9. The summed E-state index contributed by atoms with van der Waals surface area (Å²) in [6.45, 7) is 4.15. The Morgan fingerprint density at radius 3 is 2.53 bits per heavy atom. The molecule has 2 N–H and O–H groups in total. The van der Waals surface area contributed by atoms with Gasteiger partial charge in [-0.1, -0.05) is 26.7 Å². The van der Waals surface area contributed by atoms with Crippen LogP contribution in [0, 0.1) is 5.21 Å². The van der Waals surface area contributed by atoms with E-state index >= 15 is 0 Å². The average Bonchev–Trinajstić information content (AvgIpc) is 2.37. The first-order valence-electron chi connectivity index (χ1n) is 6.71. The molecule has 0 spiro atoms. The van der Waals surface area contributed by atoms with Crippen molar-refractivity contribution in [1.29, 1.82) is 0 Å². The number of carbonyl (C=O) groups excluding carboxylic acids is 1. The first kappa shape index (κ1) is 15.4. The Hall–Kier alpha value is -1.62. The lowest BCUT2D eigenvalue weighted by Gasteiger charge is -2.27. The quantitative estimate of drug-likeness (QED) is 0.578. The van der Waals surface area contributed by atoms with Gasteiger partial charge in [-0.15, -0.1) is 0 Å². The van der Waals surface area contributed by atoms with Crippen molar-refractivity contribution < 1.29 is 14.6 Å². The van der Waals surface area contributed by atoms with Crippen LogP contribution < -0.4 is 10.0 Å². The lowest BCUT2D eigenvalue weighted by molar-refractivity contribution is -0.607. The van der Waals surface area contributed by atoms with Crippen LogP contribution in [-0.4, -0.2) is 23.2 Å². The molecular weight excluding hydrogens is 244 g/mol. The maximum Gasteiger partial charge on any atom is 0.317 e. The number of amides is 1. The monoisotopic (exact) mass is 266 g/mol. The maximum atomic E-state index is 11.9. The van der Waals surface area contributed by atoms with Crippen LogP contribution in [0.15, 0.2) is 24.4 Å². The first-order chi connectivity index (χ1) is 9.02. The molecule has 0 fully saturated rings. The van der Waals surface area contributed by atoms with Gasteiger partial charge in [-0.25, -0.2) is 0 Å². The SMILES string of the molecule is CCCC(O)(CCC)CNC(=O)c1cccc[n+]1[O-]. The van der Waals surface area contributed by atoms with Crippen LogP contribution in [0.3, 0.4) is 0 Å². The molecular formula is C14H22N2O3. The van der Waals surface area contributed by atoms with E-state index in [2.05, 4.69) is 5.32 Å². The number of aromatic nitrogens is 1. The van der Waals surface area contributed by atoms with Gasteiger partial charge in [0.25, 0.3) is 5.69 Å². The topological polar surface area (TPSA) is 76.3 Å². The van der Waals surface area contributed by atoms with Crippen LogP contribution in [0.4, 0.5) is 0 Å². The summed E-state index contributed by atoms with van der Waals surface area (Å²) in [7, 11) is 0. The van der Waals surface area contributed by atoms with E-state index in [-0.39, 0.29) is 12.2 Å². The summed E-state index contributed by atoms with van der Waals surface area (Å²) in [5.41, 5.74) is -0.848. The van der Waals surface area contributed by atoms with Gasteiger partial charge in [0.05, 0.1) is 5.60 Å². The van der Waals surface area contributed by atoms with Crippen LogP contribution >= 0.6 is 0 Å². The summed E-state index contributed by atoms with van der Waals surface area (Å²) in [5.74, 6) is -0.457. The average molecular weight is 266 g/mol. The summed E-state index contributed by atoms with van der Waals surface area (Å²) in [5, 5.41) is 24.4. The molecule has 5 heteroatoms. The minimum absolute atomic E-state index is 0.0397. The molecule has 1 aromatic rings. The summed E-state index contributed by atoms with van der Waals surface area (Å²) in [6.07, 6.45) is 4.23. The second-order valence-electron chi connectivity index (χ2n) is 4.82. The fourth-order valence-electron chi connectivity index (χ4n) is 2.17. The summed E-state index contributed by atoms with van der Waals surface area (Å²) in [6, 6.07) is 4.66. The Morgan fingerprint density at radius 1 is 1.37 bits per heavy atom. The fraction of sp³-hybridized carbons (Fsp3) is 0.571. The molecule has 0 atom stereocenters. The molecule has 0 saturated carbocycles. The van der Waals surface area contributed by atoms with Crippen LogP contribution in [0.1, 0.15) is 50.0 Å². The molecule has 0 aliphatic carbocycles. The van der Waals surface area contributed by atoms with Gasteiger partial charge in [-0.2, -0.15) is 4.73 Å². The van der Waals surface area contributed by atoms with Crippen molar-refractivity contribution in [3.63, 3.8) is 0 Å². The zero-order valence-electron chi connectivity index (χ0n) is 11.6. The van der Waals surface area contributed by atoms with E-state index in [1.807, 2.05) is 13.8 Å². The van der Waals surface area contributed by atoms with E-state index < -0.39 is 11.5 Å². The van der Waals surface area contributed by atoms with E-state index in [1.54, 1.807) is 12.1 Å². The van der Waals surface area contributed by atoms with Crippen molar-refractivity contribution in [2.45, 2.75) is 45.1 Å². The van der Waals surface area contributed by atoms with Gasteiger partial charge in [-0.05, 0) is 18.9 Å². The number of aliphatic hydroxyl groups is 1. The molecule has 106 valence electrons. The summed E-state index contributed by atoms with van der Waals surface area (Å²) in [4.78, 5) is 11.9. The van der Waals surface area contributed by atoms with Crippen molar-refractivity contribution in [3.05, 3.63) is 35.3 Å². The Morgan fingerprint density at radius 2 is 2.00 bits per heavy atom. The minimum Gasteiger partial charge on any atom is -0.618 e. The lowest BCUT2D eigenvalue weighted by atomic mass is 9.92. The molecule has 0 bridgehead atoms. The third-order valence-electron chi connectivity index (χ3n) is 3.07. The smallest absolute Gasteiger partial charge is 0.317 e. The van der Waals surface area contributed by atoms with Gasteiger partial charge < -0.3 is 15.6 Å². The number of nitrogens with one attached hydrogen (secondary N) is 1. The van der Waals surface area contributed by atoms with E-state index in [1.165, 1.54) is 12.3 Å². The highest BCUT2D eigenvalue weighted by molar-refractivity contribution is 5.90. The molecule has 19 heavy (non-hydrogen) atoms. The largest absolute Gasteiger partial charge is 0.618 e. The van der Waals surface area contributed by atoms with Gasteiger partial charge in [0, 0.05) is 18.7 Å². The fourth-order valence-corrected chi connectivity index (χ4v) is 2.17. The normalized spacial score (nSPS) is 11.3. The van der Waals surface area contributed by atoms with Crippen molar-refractivity contribution in [2.75, 3.05) is 6.54 Å². The number of carbonyl (C=O) groups is 1. The first-order valence-corrected chi connectivity index (χ1v) is 6.71. The zero-order chi connectivity index (χ0) is 14.3. The number of rotatable bonds is 7. The number of nitrogens with zero attached hydrogens (tertiary/aromatic N) is 1. The van der Waals surface area contributed by atoms with Crippen LogP contribution in [0.25, 0.3) is 0 Å². The third kappa shape index (κ3) is 4.52. The van der Waals surface area contributed by atoms with Crippen molar-refractivity contribution in [1.82, 2.24) is 5.32 Å². The molecule has 1 amide bonds. The van der Waals surface area contributed by atoms with E-state index in [4.69, 9.17) is 0 Å². The van der Waals surface area contributed by atoms with Crippen molar-refractivity contribution >= 4 is 5.91 Å². The Labute approximate surface area is 113 Å². The van der Waals surface area contributed by atoms with Crippen molar-refractivity contribution in [2.24, 2.45) is 0 Å². The predicted molar refractivity (Wildman–Crippen MR) is 72.5 cm³/mol. The van der Waals surface area contributed by atoms with Gasteiger partial charge in [-0.3, -0.25) is 4.79 Å². The molecule has 1 rings (SSSR count). The second kappa shape index (κ2) is 7.09. The molecule has 5 nitrogen and oxygen atoms in total. The molecule has 0 aromatic carbocycles. The minimum atomic E-state index is -0.887. The number of hydrogen-bond acceptors (Lipinski definition) is 3. The van der Waals surface area contributed by atoms with Crippen LogP contribution in [0.5, 0.6) is 0 Å². The molecule has 0 saturated heterocycles. The van der Waals surface area contributed by atoms with Crippen LogP contribution in [0.2, 0.25) is 0 Å². The van der Waals surface area contributed by atoms with Gasteiger partial charge >= 0.3 is 5.91 Å². The third-order valence-corrected chi connectivity index (χ3v) is 3.07. The van der Waals surface area contributed by atoms with Crippen LogP contribution in [-0.2, 0) is 0 Å². The highest BCUT2D eigenvalue weighted by Gasteiger charge is 2.26. The summed E-state index contributed by atoms with van der Waals surface area (Å²) < 4.78 is 0.522. The highest BCUT2D eigenvalue weighted by atomic mass is 16.5. The van der Waals surface area contributed by atoms with E-state index in [0.717, 1.165) is 12.8 Å². The molecule has 1 aromatic heterocycles. The lowest BCUT2D eigenvalue weighted by Crippen LogP contribution is -2.46. The highest BCUT2D eigenvalue weighted by Crippen LogP contribution is 2.18. The standard InChI is InChI=1S/C14H22N2O3/c1-3-8-14(18,9-4-2)11-15-13(17)12-7-5-6-10-16(12)19/h5-7,10,18H,3-4,8-9,11H2,1-2H3,(H,15,17). The second-order valence-corrected chi connectivity index (χ2v) is 4.82. The van der Waals surface area contributed by atoms with E-state index in [0.29, 0.717) is 17.6 Å². The van der Waals surface area contributed by atoms with Gasteiger partial charge in [0.2, 0.25) is 0 Å². The molecule has 0 aliphatic heterocycles. The molecule has 0 unspecified atom stereocenters. The predicted octanol–water partition coefficient (Wildman–Crippen LogP) is 1.38. The Kier molecular flexibility index (Phi) is 5.76. The Balaban J connectivity index is 2.64. The molecule has 0 aliphatic rings. The van der Waals surface area contributed by atoms with E-state index in [9.17, 15) is 15.1 Å².